The van der Waals surface area contributed by atoms with E-state index >= 15 is 0 Å². The van der Waals surface area contributed by atoms with E-state index in [-0.39, 0.29) is 17.9 Å². The van der Waals surface area contributed by atoms with Gasteiger partial charge in [-0.15, -0.1) is 0 Å². The number of methoxy groups -OCH3 is 1. The summed E-state index contributed by atoms with van der Waals surface area (Å²) in [7, 11) is 1.63. The number of nitrogens with one attached hydrogen (secondary N) is 2. The van der Waals surface area contributed by atoms with E-state index in [1.54, 1.807) is 43.8 Å². The molecule has 1 unspecified atom stereocenters. The third kappa shape index (κ3) is 5.10. The molecule has 4 rings (SSSR count). The van der Waals surface area contributed by atoms with Gasteiger partial charge < -0.3 is 21.1 Å². The zero-order valence-corrected chi connectivity index (χ0v) is 19.3. The second-order valence-corrected chi connectivity index (χ2v) is 8.65. The smallest absolute Gasteiger partial charge is 0.255 e. The Morgan fingerprint density at radius 2 is 1.65 bits per heavy atom. The van der Waals surface area contributed by atoms with Crippen LogP contribution in [-0.2, 0) is 10.2 Å². The van der Waals surface area contributed by atoms with E-state index in [1.165, 1.54) is 0 Å². The van der Waals surface area contributed by atoms with Crippen LogP contribution in [0.5, 0.6) is 5.75 Å². The number of rotatable bonds is 8. The highest BCUT2D eigenvalue weighted by atomic mass is 16.5. The van der Waals surface area contributed by atoms with Crippen molar-refractivity contribution in [3.05, 3.63) is 89.7 Å². The first kappa shape index (κ1) is 23.4. The van der Waals surface area contributed by atoms with E-state index in [0.29, 0.717) is 17.8 Å². The quantitative estimate of drug-likeness (QED) is 0.474. The summed E-state index contributed by atoms with van der Waals surface area (Å²) >= 11 is 0. The summed E-state index contributed by atoms with van der Waals surface area (Å²) in [4.78, 5) is 29.7. The molecule has 0 radical (unpaired) electrons. The normalized spacial score (nSPS) is 15.4. The van der Waals surface area contributed by atoms with Crippen LogP contribution >= 0.6 is 0 Å². The molecule has 0 aliphatic heterocycles. The Hall–Kier alpha value is -3.71. The van der Waals surface area contributed by atoms with Crippen molar-refractivity contribution >= 4 is 17.5 Å². The van der Waals surface area contributed by atoms with E-state index < -0.39 is 5.41 Å². The first-order valence-corrected chi connectivity index (χ1v) is 11.5. The fourth-order valence-electron chi connectivity index (χ4n) is 4.55. The summed E-state index contributed by atoms with van der Waals surface area (Å²) in [6, 6.07) is 18.0. The number of nitrogens with two attached hydrogens (primary N) is 1. The molecule has 0 spiro atoms. The molecule has 0 bridgehead atoms. The molecule has 0 saturated heterocycles. The molecule has 7 nitrogen and oxygen atoms in total. The highest BCUT2D eigenvalue weighted by Gasteiger charge is 2.42. The highest BCUT2D eigenvalue weighted by Crippen LogP contribution is 2.41. The minimum atomic E-state index is -0.527. The van der Waals surface area contributed by atoms with Gasteiger partial charge in [0.2, 0.25) is 5.91 Å². The Morgan fingerprint density at radius 3 is 2.26 bits per heavy atom. The minimum Gasteiger partial charge on any atom is -0.497 e. The lowest BCUT2D eigenvalue weighted by Gasteiger charge is -2.29. The number of aromatic nitrogens is 1. The highest BCUT2D eigenvalue weighted by molar-refractivity contribution is 6.04. The van der Waals surface area contributed by atoms with Crippen LogP contribution in [0.1, 0.15) is 53.2 Å². The number of hydrogen-bond acceptors (Lipinski definition) is 5. The van der Waals surface area contributed by atoms with Gasteiger partial charge in [-0.25, -0.2) is 0 Å². The Morgan fingerprint density at radius 1 is 1.00 bits per heavy atom. The SMILES string of the molecule is COc1ccc(C2(C(=O)NCC(N)c3ccc(C(=O)Nc4ccncc4)cc3)CCCC2)cc1. The lowest BCUT2D eigenvalue weighted by molar-refractivity contribution is -0.126. The molecule has 34 heavy (non-hydrogen) atoms. The molecule has 1 aliphatic carbocycles. The topological polar surface area (TPSA) is 106 Å². The maximum Gasteiger partial charge on any atom is 0.255 e. The van der Waals surface area contributed by atoms with Gasteiger partial charge in [-0.1, -0.05) is 37.1 Å². The van der Waals surface area contributed by atoms with E-state index in [1.807, 2.05) is 36.4 Å². The van der Waals surface area contributed by atoms with Crippen molar-refractivity contribution in [1.29, 1.82) is 0 Å². The average molecular weight is 459 g/mol. The Labute approximate surface area is 199 Å². The molecule has 176 valence electrons. The van der Waals surface area contributed by atoms with Crippen LogP contribution in [0.4, 0.5) is 5.69 Å². The molecule has 1 heterocycles. The molecule has 3 aromatic rings. The van der Waals surface area contributed by atoms with Crippen LogP contribution in [0, 0.1) is 0 Å². The van der Waals surface area contributed by atoms with Crippen LogP contribution < -0.4 is 21.1 Å². The van der Waals surface area contributed by atoms with Crippen molar-refractivity contribution in [2.45, 2.75) is 37.1 Å². The summed E-state index contributed by atoms with van der Waals surface area (Å²) in [5, 5.41) is 5.91. The Kier molecular flexibility index (Phi) is 7.23. The molecular weight excluding hydrogens is 428 g/mol. The van der Waals surface area contributed by atoms with Gasteiger partial charge in [0.1, 0.15) is 5.75 Å². The van der Waals surface area contributed by atoms with Crippen LogP contribution in [0.3, 0.4) is 0 Å². The molecule has 2 amide bonds. The number of amides is 2. The number of pyridine rings is 1. The van der Waals surface area contributed by atoms with Gasteiger partial charge in [-0.05, 0) is 60.4 Å². The lowest BCUT2D eigenvalue weighted by atomic mass is 9.78. The first-order chi connectivity index (χ1) is 16.5. The molecule has 1 aliphatic rings. The largest absolute Gasteiger partial charge is 0.497 e. The number of carbonyl (C=O) groups is 2. The summed E-state index contributed by atoms with van der Waals surface area (Å²) in [5.41, 5.74) is 8.92. The minimum absolute atomic E-state index is 0.0129. The fraction of sp³-hybridized carbons (Fsp3) is 0.296. The number of benzene rings is 2. The predicted molar refractivity (Wildman–Crippen MR) is 132 cm³/mol. The van der Waals surface area contributed by atoms with Gasteiger partial charge in [0.25, 0.3) is 5.91 Å². The predicted octanol–water partition coefficient (Wildman–Crippen LogP) is 3.97. The number of anilines is 1. The van der Waals surface area contributed by atoms with E-state index in [9.17, 15) is 9.59 Å². The van der Waals surface area contributed by atoms with Crippen molar-refractivity contribution in [2.75, 3.05) is 19.0 Å². The number of carbonyl (C=O) groups excluding carboxylic acids is 2. The molecule has 2 aromatic carbocycles. The van der Waals surface area contributed by atoms with Crippen LogP contribution in [0.15, 0.2) is 73.1 Å². The van der Waals surface area contributed by atoms with Gasteiger partial charge in [0.05, 0.1) is 12.5 Å². The van der Waals surface area contributed by atoms with Crippen LogP contribution in [0.25, 0.3) is 0 Å². The molecule has 4 N–H and O–H groups in total. The molecule has 1 aromatic heterocycles. The van der Waals surface area contributed by atoms with Crippen molar-refractivity contribution in [3.8, 4) is 5.75 Å². The zero-order chi connectivity index (χ0) is 24.0. The number of nitrogens with zero attached hydrogens (tertiary/aromatic N) is 1. The van der Waals surface area contributed by atoms with Gasteiger partial charge in [-0.2, -0.15) is 0 Å². The zero-order valence-electron chi connectivity index (χ0n) is 19.3. The molecule has 7 heteroatoms. The van der Waals surface area contributed by atoms with Crippen LogP contribution in [0.2, 0.25) is 0 Å². The molecule has 1 atom stereocenters. The Balaban J connectivity index is 1.38. The van der Waals surface area contributed by atoms with E-state index in [4.69, 9.17) is 10.5 Å². The summed E-state index contributed by atoms with van der Waals surface area (Å²) in [6.45, 7) is 0.319. The third-order valence-corrected chi connectivity index (χ3v) is 6.56. The fourth-order valence-corrected chi connectivity index (χ4v) is 4.55. The first-order valence-electron chi connectivity index (χ1n) is 11.5. The Bertz CT molecular complexity index is 1110. The third-order valence-electron chi connectivity index (χ3n) is 6.56. The van der Waals surface area contributed by atoms with Crippen molar-refractivity contribution < 1.29 is 14.3 Å². The van der Waals surface area contributed by atoms with Crippen LogP contribution in [-0.4, -0.2) is 30.5 Å². The maximum absolute atomic E-state index is 13.3. The maximum atomic E-state index is 13.3. The van der Waals surface area contributed by atoms with E-state index in [0.717, 1.165) is 42.6 Å². The second-order valence-electron chi connectivity index (χ2n) is 8.65. The number of ether oxygens (including phenoxy) is 1. The molecule has 1 fully saturated rings. The van der Waals surface area contributed by atoms with Crippen molar-refractivity contribution in [1.82, 2.24) is 10.3 Å². The summed E-state index contributed by atoms with van der Waals surface area (Å²) in [5.74, 6) is 0.582. The van der Waals surface area contributed by atoms with Gasteiger partial charge in [0, 0.05) is 36.2 Å². The van der Waals surface area contributed by atoms with Gasteiger partial charge >= 0.3 is 0 Å². The summed E-state index contributed by atoms with van der Waals surface area (Å²) < 4.78 is 5.26. The average Bonchev–Trinajstić information content (AvgIpc) is 3.39. The lowest BCUT2D eigenvalue weighted by Crippen LogP contribution is -2.44. The van der Waals surface area contributed by atoms with Crippen molar-refractivity contribution in [3.63, 3.8) is 0 Å². The number of hydrogen-bond donors (Lipinski definition) is 3. The molecule has 1 saturated carbocycles. The monoisotopic (exact) mass is 458 g/mol. The van der Waals surface area contributed by atoms with E-state index in [2.05, 4.69) is 15.6 Å². The summed E-state index contributed by atoms with van der Waals surface area (Å²) in [6.07, 6.45) is 6.93. The van der Waals surface area contributed by atoms with Gasteiger partial charge in [-0.3, -0.25) is 14.6 Å². The standard InChI is InChI=1S/C27H30N4O3/c1-34-23-10-8-21(9-11-23)27(14-2-3-15-27)26(33)30-18-24(28)19-4-6-20(7-5-19)25(32)31-22-12-16-29-17-13-22/h4-13,16-17,24H,2-3,14-15,18,28H2,1H3,(H,30,33)(H,29,31,32). The molecular formula is C27H30N4O3. The van der Waals surface area contributed by atoms with Crippen molar-refractivity contribution in [2.24, 2.45) is 5.73 Å². The van der Waals surface area contributed by atoms with Gasteiger partial charge in [0.15, 0.2) is 0 Å². The second kappa shape index (κ2) is 10.5.